The molecule has 1 aromatic heterocycles. The Morgan fingerprint density at radius 1 is 0.800 bits per heavy atom. The van der Waals surface area contributed by atoms with Crippen molar-refractivity contribution in [2.75, 3.05) is 26.2 Å². The van der Waals surface area contributed by atoms with Gasteiger partial charge in [-0.1, -0.05) is 60.7 Å². The van der Waals surface area contributed by atoms with Crippen LogP contribution in [-0.4, -0.2) is 31.1 Å². The number of thiophene rings is 1. The van der Waals surface area contributed by atoms with E-state index in [4.69, 9.17) is 4.74 Å². The molecule has 0 aliphatic carbocycles. The van der Waals surface area contributed by atoms with E-state index in [0.29, 0.717) is 0 Å². The summed E-state index contributed by atoms with van der Waals surface area (Å²) in [5.41, 5.74) is 4.04. The summed E-state index contributed by atoms with van der Waals surface area (Å²) in [4.78, 5) is 3.86. The van der Waals surface area contributed by atoms with Crippen LogP contribution in [0.25, 0.3) is 20.5 Å². The molecule has 30 heavy (non-hydrogen) atoms. The van der Waals surface area contributed by atoms with Gasteiger partial charge < -0.3 is 4.74 Å². The quantitative estimate of drug-likeness (QED) is 0.337. The minimum atomic E-state index is 0.771. The summed E-state index contributed by atoms with van der Waals surface area (Å²) in [6.45, 7) is 4.25. The van der Waals surface area contributed by atoms with E-state index in [1.807, 2.05) is 11.3 Å². The maximum Gasteiger partial charge on any atom is 0.119 e. The topological polar surface area (TPSA) is 12.5 Å². The Kier molecular flexibility index (Phi) is 5.82. The molecular weight excluding hydrogens is 386 g/mol. The first kappa shape index (κ1) is 19.3. The second kappa shape index (κ2) is 9.03. The molecule has 1 saturated heterocycles. The van der Waals surface area contributed by atoms with Crippen LogP contribution >= 0.6 is 11.3 Å². The highest BCUT2D eigenvalue weighted by Crippen LogP contribution is 2.39. The Morgan fingerprint density at radius 3 is 2.33 bits per heavy atom. The van der Waals surface area contributed by atoms with Crippen molar-refractivity contribution in [1.82, 2.24) is 4.90 Å². The van der Waals surface area contributed by atoms with Gasteiger partial charge in [0.1, 0.15) is 12.4 Å². The van der Waals surface area contributed by atoms with Gasteiger partial charge in [-0.3, -0.25) is 4.90 Å². The molecule has 0 bridgehead atoms. The fourth-order valence-corrected chi connectivity index (χ4v) is 5.53. The van der Waals surface area contributed by atoms with E-state index >= 15 is 0 Å². The largest absolute Gasteiger partial charge is 0.492 e. The summed E-state index contributed by atoms with van der Waals surface area (Å²) < 4.78 is 7.34. The van der Waals surface area contributed by atoms with Crippen LogP contribution < -0.4 is 4.74 Å². The fourth-order valence-electron chi connectivity index (χ4n) is 4.30. The van der Waals surface area contributed by atoms with Crippen molar-refractivity contribution < 1.29 is 4.74 Å². The molecule has 0 amide bonds. The molecule has 1 aliphatic rings. The van der Waals surface area contributed by atoms with Crippen LogP contribution in [-0.2, 0) is 6.42 Å². The Bertz CT molecular complexity index is 1090. The predicted octanol–water partition coefficient (Wildman–Crippen LogP) is 6.63. The van der Waals surface area contributed by atoms with E-state index in [9.17, 15) is 0 Å². The lowest BCUT2D eigenvalue weighted by Gasteiger charge is -2.15. The highest BCUT2D eigenvalue weighted by atomic mass is 32.1. The third-order valence-corrected chi connectivity index (χ3v) is 7.18. The summed E-state index contributed by atoms with van der Waals surface area (Å²) in [6, 6.07) is 28.2. The van der Waals surface area contributed by atoms with Gasteiger partial charge in [0.25, 0.3) is 0 Å². The van der Waals surface area contributed by atoms with E-state index in [1.54, 1.807) is 0 Å². The molecular formula is C27H27NOS. The van der Waals surface area contributed by atoms with Crippen LogP contribution in [0.5, 0.6) is 5.75 Å². The van der Waals surface area contributed by atoms with E-state index in [-0.39, 0.29) is 0 Å². The van der Waals surface area contributed by atoms with Gasteiger partial charge >= 0.3 is 0 Å². The highest BCUT2D eigenvalue weighted by molar-refractivity contribution is 7.22. The van der Waals surface area contributed by atoms with Crippen LogP contribution in [0, 0.1) is 0 Å². The Labute approximate surface area is 182 Å². The number of nitrogens with zero attached hydrogens (tertiary/aromatic N) is 1. The van der Waals surface area contributed by atoms with E-state index in [2.05, 4.69) is 83.8 Å². The van der Waals surface area contributed by atoms with Gasteiger partial charge in [0, 0.05) is 16.1 Å². The number of benzene rings is 3. The third-order valence-electron chi connectivity index (χ3n) is 5.91. The summed E-state index contributed by atoms with van der Waals surface area (Å²) in [6.07, 6.45) is 3.59. The van der Waals surface area contributed by atoms with Crippen molar-refractivity contribution >= 4 is 21.4 Å². The van der Waals surface area contributed by atoms with E-state index in [0.717, 1.165) is 25.3 Å². The lowest BCUT2D eigenvalue weighted by Crippen LogP contribution is -2.25. The zero-order valence-corrected chi connectivity index (χ0v) is 18.0. The van der Waals surface area contributed by atoms with Crippen LogP contribution in [0.1, 0.15) is 24.0 Å². The first-order valence-electron chi connectivity index (χ1n) is 10.9. The smallest absolute Gasteiger partial charge is 0.119 e. The number of hydrogen-bond acceptors (Lipinski definition) is 3. The highest BCUT2D eigenvalue weighted by Gasteiger charge is 2.14. The van der Waals surface area contributed by atoms with Crippen molar-refractivity contribution in [1.29, 1.82) is 0 Å². The average molecular weight is 414 g/mol. The summed E-state index contributed by atoms with van der Waals surface area (Å²) in [5.74, 6) is 0.969. The van der Waals surface area contributed by atoms with E-state index in [1.165, 1.54) is 57.6 Å². The number of rotatable bonds is 7. The van der Waals surface area contributed by atoms with Crippen LogP contribution in [0.4, 0.5) is 0 Å². The molecule has 3 heteroatoms. The van der Waals surface area contributed by atoms with Gasteiger partial charge in [-0.25, -0.2) is 0 Å². The van der Waals surface area contributed by atoms with Crippen molar-refractivity contribution in [3.63, 3.8) is 0 Å². The summed E-state index contributed by atoms with van der Waals surface area (Å²) >= 11 is 1.89. The normalized spacial score (nSPS) is 14.4. The molecule has 0 saturated carbocycles. The molecule has 1 aliphatic heterocycles. The SMILES string of the molecule is c1ccc(-c2sc3ccccc3c2Cc2ccc(OCCN3CCCC3)cc2)cc1. The molecule has 2 nitrogen and oxygen atoms in total. The molecule has 2 heterocycles. The van der Waals surface area contributed by atoms with Crippen molar-refractivity contribution in [2.24, 2.45) is 0 Å². The number of fused-ring (bicyclic) bond motifs is 1. The summed E-state index contributed by atoms with van der Waals surface area (Å²) in [5, 5.41) is 1.37. The first-order valence-corrected chi connectivity index (χ1v) is 11.7. The van der Waals surface area contributed by atoms with E-state index < -0.39 is 0 Å². The third kappa shape index (κ3) is 4.28. The van der Waals surface area contributed by atoms with Crippen molar-refractivity contribution in [3.05, 3.63) is 90.0 Å². The Morgan fingerprint density at radius 2 is 1.53 bits per heavy atom. The minimum Gasteiger partial charge on any atom is -0.492 e. The van der Waals surface area contributed by atoms with Crippen LogP contribution in [0.15, 0.2) is 78.9 Å². The molecule has 4 aromatic rings. The Balaban J connectivity index is 1.34. The molecule has 0 atom stereocenters. The van der Waals surface area contributed by atoms with Crippen molar-refractivity contribution in [3.8, 4) is 16.2 Å². The molecule has 0 spiro atoms. The molecule has 1 fully saturated rings. The Hall–Kier alpha value is -2.62. The average Bonchev–Trinajstić information content (AvgIpc) is 3.44. The first-order chi connectivity index (χ1) is 14.9. The maximum atomic E-state index is 5.98. The van der Waals surface area contributed by atoms with Gasteiger partial charge in [-0.05, 0) is 72.6 Å². The maximum absolute atomic E-state index is 5.98. The predicted molar refractivity (Wildman–Crippen MR) is 128 cm³/mol. The number of hydrogen-bond donors (Lipinski definition) is 0. The molecule has 152 valence electrons. The van der Waals surface area contributed by atoms with Gasteiger partial charge in [-0.15, -0.1) is 11.3 Å². The molecule has 0 radical (unpaired) electrons. The zero-order valence-electron chi connectivity index (χ0n) is 17.2. The number of likely N-dealkylation sites (tertiary alicyclic amines) is 1. The number of ether oxygens (including phenoxy) is 1. The molecule has 0 unspecified atom stereocenters. The standard InChI is InChI=1S/C27H27NOS/c1-2-8-22(9-3-1)27-25(24-10-4-5-11-26(24)30-27)20-21-12-14-23(15-13-21)29-19-18-28-16-6-7-17-28/h1-5,8-15H,6-7,16-20H2. The molecule has 3 aromatic carbocycles. The zero-order chi connectivity index (χ0) is 20.2. The lowest BCUT2D eigenvalue weighted by molar-refractivity contribution is 0.238. The second-order valence-corrected chi connectivity index (χ2v) is 9.04. The van der Waals surface area contributed by atoms with Gasteiger partial charge in [0.05, 0.1) is 0 Å². The fraction of sp³-hybridized carbons (Fsp3) is 0.259. The van der Waals surface area contributed by atoms with Gasteiger partial charge in [-0.2, -0.15) is 0 Å². The lowest BCUT2D eigenvalue weighted by atomic mass is 9.99. The monoisotopic (exact) mass is 413 g/mol. The summed E-state index contributed by atoms with van der Waals surface area (Å²) in [7, 11) is 0. The van der Waals surface area contributed by atoms with Crippen LogP contribution in [0.2, 0.25) is 0 Å². The van der Waals surface area contributed by atoms with Crippen LogP contribution in [0.3, 0.4) is 0 Å². The van der Waals surface area contributed by atoms with Crippen molar-refractivity contribution in [2.45, 2.75) is 19.3 Å². The van der Waals surface area contributed by atoms with Gasteiger partial charge in [0.2, 0.25) is 0 Å². The second-order valence-electron chi connectivity index (χ2n) is 7.99. The molecule has 5 rings (SSSR count). The minimum absolute atomic E-state index is 0.771. The van der Waals surface area contributed by atoms with Gasteiger partial charge in [0.15, 0.2) is 0 Å². The molecule has 0 N–H and O–H groups in total.